The van der Waals surface area contributed by atoms with Crippen LogP contribution in [-0.2, 0) is 0 Å². The van der Waals surface area contributed by atoms with Gasteiger partial charge in [0.25, 0.3) is 0 Å². The number of aliphatic hydroxyl groups excluding tert-OH is 1. The fourth-order valence-corrected chi connectivity index (χ4v) is 2.33. The van der Waals surface area contributed by atoms with Gasteiger partial charge in [0, 0.05) is 12.1 Å². The predicted molar refractivity (Wildman–Crippen MR) is 68.7 cm³/mol. The Morgan fingerprint density at radius 1 is 1.44 bits per heavy atom. The van der Waals surface area contributed by atoms with Crippen LogP contribution in [0.5, 0.6) is 0 Å². The number of nitrogens with zero attached hydrogens (tertiary/aromatic N) is 1. The third-order valence-electron chi connectivity index (χ3n) is 3.69. The van der Waals surface area contributed by atoms with Crippen LogP contribution in [0.3, 0.4) is 0 Å². The third-order valence-corrected chi connectivity index (χ3v) is 3.69. The van der Waals surface area contributed by atoms with Crippen molar-refractivity contribution in [1.29, 1.82) is 0 Å². The number of rotatable bonds is 8. The van der Waals surface area contributed by atoms with Crippen molar-refractivity contribution in [3.05, 3.63) is 0 Å². The molecule has 0 amide bonds. The lowest BCUT2D eigenvalue weighted by atomic mass is 10.2. The molecule has 96 valence electrons. The first kappa shape index (κ1) is 13.9. The Labute approximate surface area is 100 Å². The fraction of sp³-hybridized carbons (Fsp3) is 1.00. The van der Waals surface area contributed by atoms with Crippen LogP contribution in [0.15, 0.2) is 0 Å². The lowest BCUT2D eigenvalue weighted by Gasteiger charge is -2.22. The topological polar surface area (TPSA) is 35.5 Å². The van der Waals surface area contributed by atoms with Crippen molar-refractivity contribution in [2.24, 2.45) is 0 Å². The highest BCUT2D eigenvalue weighted by Gasteiger charge is 2.22. The maximum atomic E-state index is 9.19. The number of aliphatic hydroxyl groups is 1. The van der Waals surface area contributed by atoms with Crippen LogP contribution >= 0.6 is 0 Å². The predicted octanol–water partition coefficient (Wildman–Crippen LogP) is 1.61. The molecule has 3 nitrogen and oxygen atoms in total. The summed E-state index contributed by atoms with van der Waals surface area (Å²) in [6.45, 7) is 8.27. The lowest BCUT2D eigenvalue weighted by molar-refractivity contribution is 0.157. The van der Waals surface area contributed by atoms with Crippen LogP contribution in [0.25, 0.3) is 0 Å². The standard InChI is InChI=1S/C13H28N2O/c1-3-12(2)14-8-4-5-9-15-10-6-7-13(15)11-16/h12-14,16H,3-11H2,1-2H3. The molecule has 1 saturated heterocycles. The van der Waals surface area contributed by atoms with Crippen LogP contribution in [0, 0.1) is 0 Å². The molecule has 0 radical (unpaired) electrons. The summed E-state index contributed by atoms with van der Waals surface area (Å²) in [5.74, 6) is 0. The minimum atomic E-state index is 0.338. The number of unbranched alkanes of at least 4 members (excludes halogenated alkanes) is 1. The molecule has 0 aliphatic carbocycles. The van der Waals surface area contributed by atoms with Crippen LogP contribution in [0.1, 0.15) is 46.0 Å². The monoisotopic (exact) mass is 228 g/mol. The van der Waals surface area contributed by atoms with Crippen LogP contribution in [0.2, 0.25) is 0 Å². The summed E-state index contributed by atoms with van der Waals surface area (Å²) in [6, 6.07) is 1.10. The molecule has 0 bridgehead atoms. The quantitative estimate of drug-likeness (QED) is 0.620. The first-order valence-electron chi connectivity index (χ1n) is 6.86. The Morgan fingerprint density at radius 2 is 2.25 bits per heavy atom. The van der Waals surface area contributed by atoms with Gasteiger partial charge >= 0.3 is 0 Å². The zero-order valence-electron chi connectivity index (χ0n) is 10.9. The molecule has 2 unspecified atom stereocenters. The van der Waals surface area contributed by atoms with Gasteiger partial charge in [-0.05, 0) is 58.7 Å². The van der Waals surface area contributed by atoms with E-state index in [1.165, 1.54) is 38.6 Å². The van der Waals surface area contributed by atoms with Gasteiger partial charge in [-0.1, -0.05) is 6.92 Å². The molecule has 1 aliphatic heterocycles. The van der Waals surface area contributed by atoms with Crippen molar-refractivity contribution >= 4 is 0 Å². The van der Waals surface area contributed by atoms with E-state index in [2.05, 4.69) is 24.1 Å². The van der Waals surface area contributed by atoms with E-state index in [0.717, 1.165) is 13.1 Å². The van der Waals surface area contributed by atoms with E-state index in [0.29, 0.717) is 18.7 Å². The molecule has 0 aromatic heterocycles. The second kappa shape index (κ2) is 8.04. The Hall–Kier alpha value is -0.120. The molecule has 2 N–H and O–H groups in total. The SMILES string of the molecule is CCC(C)NCCCCN1CCCC1CO. The van der Waals surface area contributed by atoms with E-state index in [4.69, 9.17) is 0 Å². The second-order valence-corrected chi connectivity index (χ2v) is 4.99. The number of likely N-dealkylation sites (tertiary alicyclic amines) is 1. The van der Waals surface area contributed by atoms with Gasteiger partial charge in [-0.2, -0.15) is 0 Å². The fourth-order valence-electron chi connectivity index (χ4n) is 2.33. The van der Waals surface area contributed by atoms with Gasteiger partial charge in [-0.15, -0.1) is 0 Å². The zero-order valence-corrected chi connectivity index (χ0v) is 10.9. The van der Waals surface area contributed by atoms with E-state index in [1.54, 1.807) is 0 Å². The van der Waals surface area contributed by atoms with Gasteiger partial charge in [0.15, 0.2) is 0 Å². The largest absolute Gasteiger partial charge is 0.395 e. The highest BCUT2D eigenvalue weighted by molar-refractivity contribution is 4.78. The molecule has 1 fully saturated rings. The third kappa shape index (κ3) is 4.81. The van der Waals surface area contributed by atoms with Crippen LogP contribution in [0.4, 0.5) is 0 Å². The van der Waals surface area contributed by atoms with E-state index >= 15 is 0 Å². The van der Waals surface area contributed by atoms with Gasteiger partial charge in [0.1, 0.15) is 0 Å². The Bertz CT molecular complexity index is 175. The molecule has 0 aromatic rings. The Balaban J connectivity index is 1.98. The van der Waals surface area contributed by atoms with Gasteiger partial charge in [-0.3, -0.25) is 4.90 Å². The van der Waals surface area contributed by atoms with E-state index in [1.807, 2.05) is 0 Å². The van der Waals surface area contributed by atoms with Crippen LogP contribution < -0.4 is 5.32 Å². The van der Waals surface area contributed by atoms with Gasteiger partial charge < -0.3 is 10.4 Å². The summed E-state index contributed by atoms with van der Waals surface area (Å²) in [5.41, 5.74) is 0. The number of nitrogens with one attached hydrogen (secondary N) is 1. The van der Waals surface area contributed by atoms with Crippen molar-refractivity contribution in [1.82, 2.24) is 10.2 Å². The first-order chi connectivity index (χ1) is 7.77. The maximum Gasteiger partial charge on any atom is 0.0586 e. The molecule has 2 atom stereocenters. The summed E-state index contributed by atoms with van der Waals surface area (Å²) in [6.07, 6.45) is 6.15. The molecule has 1 heterocycles. The normalized spacial score (nSPS) is 23.8. The van der Waals surface area contributed by atoms with Crippen molar-refractivity contribution in [2.45, 2.75) is 58.0 Å². The summed E-state index contributed by atoms with van der Waals surface area (Å²) >= 11 is 0. The van der Waals surface area contributed by atoms with Gasteiger partial charge in [0.2, 0.25) is 0 Å². The highest BCUT2D eigenvalue weighted by atomic mass is 16.3. The molecule has 1 rings (SSSR count). The second-order valence-electron chi connectivity index (χ2n) is 4.99. The molecular weight excluding hydrogens is 200 g/mol. The zero-order chi connectivity index (χ0) is 11.8. The van der Waals surface area contributed by atoms with Crippen LogP contribution in [-0.4, -0.2) is 48.3 Å². The average molecular weight is 228 g/mol. The van der Waals surface area contributed by atoms with Crippen molar-refractivity contribution in [2.75, 3.05) is 26.2 Å². The van der Waals surface area contributed by atoms with E-state index in [-0.39, 0.29) is 0 Å². The minimum absolute atomic E-state index is 0.338. The van der Waals surface area contributed by atoms with Gasteiger partial charge in [-0.25, -0.2) is 0 Å². The van der Waals surface area contributed by atoms with Gasteiger partial charge in [0.05, 0.1) is 6.61 Å². The minimum Gasteiger partial charge on any atom is -0.395 e. The smallest absolute Gasteiger partial charge is 0.0586 e. The van der Waals surface area contributed by atoms with E-state index < -0.39 is 0 Å². The lowest BCUT2D eigenvalue weighted by Crippen LogP contribution is -2.33. The van der Waals surface area contributed by atoms with Crippen molar-refractivity contribution in [3.63, 3.8) is 0 Å². The molecule has 0 saturated carbocycles. The molecule has 0 spiro atoms. The van der Waals surface area contributed by atoms with E-state index in [9.17, 15) is 5.11 Å². The summed E-state index contributed by atoms with van der Waals surface area (Å²) < 4.78 is 0. The highest BCUT2D eigenvalue weighted by Crippen LogP contribution is 2.16. The molecule has 1 aliphatic rings. The first-order valence-corrected chi connectivity index (χ1v) is 6.86. The maximum absolute atomic E-state index is 9.19. The summed E-state index contributed by atoms with van der Waals surface area (Å²) in [7, 11) is 0. The molecule has 3 heteroatoms. The number of hydrogen-bond acceptors (Lipinski definition) is 3. The van der Waals surface area contributed by atoms with Crippen molar-refractivity contribution in [3.8, 4) is 0 Å². The Kier molecular flexibility index (Phi) is 7.01. The average Bonchev–Trinajstić information content (AvgIpc) is 2.75. The summed E-state index contributed by atoms with van der Waals surface area (Å²) in [5, 5.41) is 12.7. The molecule has 16 heavy (non-hydrogen) atoms. The Morgan fingerprint density at radius 3 is 2.94 bits per heavy atom. The molecular formula is C13H28N2O. The summed E-state index contributed by atoms with van der Waals surface area (Å²) in [4.78, 5) is 2.45. The number of hydrogen-bond donors (Lipinski definition) is 2. The molecule has 0 aromatic carbocycles. The van der Waals surface area contributed by atoms with Crippen molar-refractivity contribution < 1.29 is 5.11 Å².